The summed E-state index contributed by atoms with van der Waals surface area (Å²) < 4.78 is 0. The van der Waals surface area contributed by atoms with Gasteiger partial charge in [-0.25, -0.2) is 9.97 Å². The predicted octanol–water partition coefficient (Wildman–Crippen LogP) is 1.74. The van der Waals surface area contributed by atoms with E-state index in [2.05, 4.69) is 15.3 Å². The number of nitro benzene ring substituents is 1. The average molecular weight is 280 g/mol. The summed E-state index contributed by atoms with van der Waals surface area (Å²) >= 11 is 0. The van der Waals surface area contributed by atoms with Gasteiger partial charge in [-0.3, -0.25) is 10.1 Å². The second-order valence-corrected chi connectivity index (χ2v) is 3.96. The van der Waals surface area contributed by atoms with Crippen molar-refractivity contribution < 1.29 is 4.92 Å². The van der Waals surface area contributed by atoms with Crippen LogP contribution in [-0.2, 0) is 6.54 Å². The van der Waals surface area contributed by atoms with Gasteiger partial charge in [-0.2, -0.15) is 10.5 Å². The van der Waals surface area contributed by atoms with Crippen molar-refractivity contribution in [1.29, 1.82) is 10.5 Å². The van der Waals surface area contributed by atoms with Crippen LogP contribution in [0.15, 0.2) is 30.5 Å². The molecule has 0 fully saturated rings. The molecule has 0 saturated carbocycles. The van der Waals surface area contributed by atoms with E-state index in [0.717, 1.165) is 0 Å². The fourth-order valence-electron chi connectivity index (χ4n) is 1.61. The van der Waals surface area contributed by atoms with Gasteiger partial charge in [0.15, 0.2) is 17.2 Å². The summed E-state index contributed by atoms with van der Waals surface area (Å²) in [6.45, 7) is 0.222. The van der Waals surface area contributed by atoms with E-state index < -0.39 is 4.92 Å². The fraction of sp³-hybridized carbons (Fsp3) is 0.0769. The van der Waals surface area contributed by atoms with Crippen LogP contribution in [0.2, 0.25) is 0 Å². The zero-order valence-electron chi connectivity index (χ0n) is 10.6. The molecular formula is C13H8N6O2. The van der Waals surface area contributed by atoms with Crippen LogP contribution in [0, 0.1) is 32.8 Å². The highest BCUT2D eigenvalue weighted by Gasteiger charge is 2.09. The molecule has 0 spiro atoms. The number of anilines is 1. The van der Waals surface area contributed by atoms with Crippen molar-refractivity contribution in [3.8, 4) is 12.1 Å². The highest BCUT2D eigenvalue weighted by molar-refractivity contribution is 5.49. The zero-order chi connectivity index (χ0) is 15.2. The molecular weight excluding hydrogens is 272 g/mol. The molecule has 0 aliphatic rings. The lowest BCUT2D eigenvalue weighted by Crippen LogP contribution is -2.06. The molecule has 0 unspecified atom stereocenters. The Morgan fingerprint density at radius 2 is 2.14 bits per heavy atom. The van der Waals surface area contributed by atoms with E-state index in [0.29, 0.717) is 5.56 Å². The third kappa shape index (κ3) is 3.28. The van der Waals surface area contributed by atoms with Crippen molar-refractivity contribution in [2.45, 2.75) is 6.54 Å². The lowest BCUT2D eigenvalue weighted by Gasteiger charge is -2.06. The first kappa shape index (κ1) is 13.9. The molecule has 102 valence electrons. The number of rotatable bonds is 4. The number of nitrogens with one attached hydrogen (secondary N) is 1. The first-order valence-electron chi connectivity index (χ1n) is 5.78. The Kier molecular flexibility index (Phi) is 4.03. The minimum Gasteiger partial charge on any atom is -0.364 e. The lowest BCUT2D eigenvalue weighted by atomic mass is 10.2. The number of aromatic nitrogens is 2. The van der Waals surface area contributed by atoms with Gasteiger partial charge in [0, 0.05) is 18.7 Å². The zero-order valence-corrected chi connectivity index (χ0v) is 10.6. The first-order valence-corrected chi connectivity index (χ1v) is 5.78. The van der Waals surface area contributed by atoms with Crippen LogP contribution in [0.3, 0.4) is 0 Å². The van der Waals surface area contributed by atoms with Gasteiger partial charge in [-0.15, -0.1) is 0 Å². The summed E-state index contributed by atoms with van der Waals surface area (Å²) in [5.41, 5.74) is 0.763. The number of nitro groups is 1. The van der Waals surface area contributed by atoms with Crippen molar-refractivity contribution in [1.82, 2.24) is 9.97 Å². The van der Waals surface area contributed by atoms with E-state index in [1.54, 1.807) is 12.1 Å². The maximum Gasteiger partial charge on any atom is 0.269 e. The van der Waals surface area contributed by atoms with Crippen LogP contribution >= 0.6 is 0 Å². The van der Waals surface area contributed by atoms with Gasteiger partial charge in [0.2, 0.25) is 0 Å². The molecule has 1 N–H and O–H groups in total. The van der Waals surface area contributed by atoms with Gasteiger partial charge in [0.1, 0.15) is 12.1 Å². The van der Waals surface area contributed by atoms with Gasteiger partial charge >= 0.3 is 0 Å². The van der Waals surface area contributed by atoms with E-state index in [9.17, 15) is 10.1 Å². The fourth-order valence-corrected chi connectivity index (χ4v) is 1.61. The molecule has 0 radical (unpaired) electrons. The summed E-state index contributed by atoms with van der Waals surface area (Å²) in [5.74, 6) is 0.169. The van der Waals surface area contributed by atoms with E-state index in [-0.39, 0.29) is 29.4 Å². The Morgan fingerprint density at radius 1 is 1.33 bits per heavy atom. The normalized spacial score (nSPS) is 9.43. The molecule has 0 atom stereocenters. The summed E-state index contributed by atoms with van der Waals surface area (Å²) in [7, 11) is 0. The highest BCUT2D eigenvalue weighted by Crippen LogP contribution is 2.15. The number of non-ortho nitro benzene ring substituents is 1. The SMILES string of the molecule is N#Cc1cnc(C#N)c(NCc2cccc([N+](=O)[O-])c2)n1. The van der Waals surface area contributed by atoms with E-state index in [4.69, 9.17) is 10.5 Å². The van der Waals surface area contributed by atoms with Crippen molar-refractivity contribution >= 4 is 11.5 Å². The Morgan fingerprint density at radius 3 is 2.81 bits per heavy atom. The average Bonchev–Trinajstić information content (AvgIpc) is 2.52. The molecule has 8 nitrogen and oxygen atoms in total. The Balaban J connectivity index is 2.20. The quantitative estimate of drug-likeness (QED) is 0.666. The molecule has 2 aromatic rings. The molecule has 0 amide bonds. The van der Waals surface area contributed by atoms with Gasteiger partial charge in [0.05, 0.1) is 11.1 Å². The molecule has 0 bridgehead atoms. The van der Waals surface area contributed by atoms with Crippen molar-refractivity contribution in [3.63, 3.8) is 0 Å². The minimum absolute atomic E-state index is 0.0216. The minimum atomic E-state index is -0.486. The second-order valence-electron chi connectivity index (χ2n) is 3.96. The first-order chi connectivity index (χ1) is 10.1. The third-order valence-electron chi connectivity index (χ3n) is 2.57. The maximum absolute atomic E-state index is 10.7. The molecule has 0 aliphatic carbocycles. The van der Waals surface area contributed by atoms with Crippen molar-refractivity contribution in [2.24, 2.45) is 0 Å². The number of nitriles is 2. The third-order valence-corrected chi connectivity index (χ3v) is 2.57. The summed E-state index contributed by atoms with van der Waals surface area (Å²) in [4.78, 5) is 18.0. The summed E-state index contributed by atoms with van der Waals surface area (Å²) in [6.07, 6.45) is 1.21. The van der Waals surface area contributed by atoms with Gasteiger partial charge < -0.3 is 5.32 Å². The number of hydrogen-bond acceptors (Lipinski definition) is 7. The summed E-state index contributed by atoms with van der Waals surface area (Å²) in [5, 5.41) is 31.2. The highest BCUT2D eigenvalue weighted by atomic mass is 16.6. The molecule has 1 aromatic carbocycles. The molecule has 21 heavy (non-hydrogen) atoms. The smallest absolute Gasteiger partial charge is 0.269 e. The molecule has 0 saturated heterocycles. The van der Waals surface area contributed by atoms with Crippen LogP contribution in [0.5, 0.6) is 0 Å². The molecule has 1 aromatic heterocycles. The molecule has 0 aliphatic heterocycles. The Hall–Kier alpha value is -3.52. The Labute approximate surface area is 119 Å². The van der Waals surface area contributed by atoms with Gasteiger partial charge in [0.25, 0.3) is 5.69 Å². The van der Waals surface area contributed by atoms with Crippen molar-refractivity contribution in [2.75, 3.05) is 5.32 Å². The summed E-state index contributed by atoms with van der Waals surface area (Å²) in [6, 6.07) is 9.76. The maximum atomic E-state index is 10.7. The van der Waals surface area contributed by atoms with Crippen LogP contribution in [0.4, 0.5) is 11.5 Å². The van der Waals surface area contributed by atoms with Crippen LogP contribution in [-0.4, -0.2) is 14.9 Å². The number of benzene rings is 1. The standard InChI is InChI=1S/C13H8N6O2/c14-5-10-8-16-12(6-15)13(18-10)17-7-9-2-1-3-11(4-9)19(20)21/h1-4,8H,7H2,(H,17,18). The van der Waals surface area contributed by atoms with Crippen LogP contribution in [0.1, 0.15) is 17.0 Å². The van der Waals surface area contributed by atoms with E-state index >= 15 is 0 Å². The second kappa shape index (κ2) is 6.08. The van der Waals surface area contributed by atoms with Crippen LogP contribution in [0.25, 0.3) is 0 Å². The van der Waals surface area contributed by atoms with E-state index in [1.165, 1.54) is 18.3 Å². The number of nitrogens with zero attached hydrogens (tertiary/aromatic N) is 5. The predicted molar refractivity (Wildman–Crippen MR) is 71.9 cm³/mol. The molecule has 1 heterocycles. The van der Waals surface area contributed by atoms with Gasteiger partial charge in [-0.05, 0) is 5.56 Å². The van der Waals surface area contributed by atoms with Gasteiger partial charge in [-0.1, -0.05) is 12.1 Å². The molecule has 8 heteroatoms. The Bertz CT molecular complexity index is 775. The molecule has 2 rings (SSSR count). The largest absolute Gasteiger partial charge is 0.364 e. The lowest BCUT2D eigenvalue weighted by molar-refractivity contribution is -0.384. The monoisotopic (exact) mass is 280 g/mol. The topological polar surface area (TPSA) is 129 Å². The van der Waals surface area contributed by atoms with E-state index in [1.807, 2.05) is 12.1 Å². The van der Waals surface area contributed by atoms with Crippen LogP contribution < -0.4 is 5.32 Å². The number of hydrogen-bond donors (Lipinski definition) is 1. The van der Waals surface area contributed by atoms with Crippen molar-refractivity contribution in [3.05, 3.63) is 57.5 Å².